The van der Waals surface area contributed by atoms with E-state index in [1.165, 1.54) is 0 Å². The predicted molar refractivity (Wildman–Crippen MR) is 99.0 cm³/mol. The second-order valence-electron chi connectivity index (χ2n) is 5.96. The molecule has 0 fully saturated rings. The van der Waals surface area contributed by atoms with E-state index in [0.29, 0.717) is 11.4 Å². The van der Waals surface area contributed by atoms with Gasteiger partial charge >= 0.3 is 0 Å². The summed E-state index contributed by atoms with van der Waals surface area (Å²) in [6.07, 6.45) is 0. The lowest BCUT2D eigenvalue weighted by Crippen LogP contribution is -2.20. The number of nitrogens with one attached hydrogen (secondary N) is 1. The van der Waals surface area contributed by atoms with Crippen LogP contribution in [-0.4, -0.2) is 12.5 Å². The molecule has 1 amide bonds. The molecule has 0 unspecified atom stereocenters. The number of carbonyl (C=O) groups is 1. The standard InChI is InChI=1S/C21H17NO3/c1-14-5-4-6-16(11-14)24-13-21(23)22-15-9-10-18-17-7-2-3-8-19(17)25-20(18)12-15/h2-12H,13H2,1H3,(H,22,23). The van der Waals surface area contributed by atoms with Gasteiger partial charge in [0.05, 0.1) is 0 Å². The molecule has 0 radical (unpaired) electrons. The Morgan fingerprint density at radius 3 is 2.68 bits per heavy atom. The van der Waals surface area contributed by atoms with Crippen molar-refractivity contribution in [2.24, 2.45) is 0 Å². The summed E-state index contributed by atoms with van der Waals surface area (Å²) in [5.41, 5.74) is 3.36. The summed E-state index contributed by atoms with van der Waals surface area (Å²) in [6, 6.07) is 21.2. The minimum absolute atomic E-state index is 0.0401. The van der Waals surface area contributed by atoms with Crippen molar-refractivity contribution < 1.29 is 13.9 Å². The van der Waals surface area contributed by atoms with Crippen molar-refractivity contribution in [1.82, 2.24) is 0 Å². The molecule has 1 heterocycles. The first-order chi connectivity index (χ1) is 12.2. The highest BCUT2D eigenvalue weighted by Crippen LogP contribution is 2.30. The van der Waals surface area contributed by atoms with Crippen molar-refractivity contribution in [2.75, 3.05) is 11.9 Å². The molecule has 3 aromatic carbocycles. The van der Waals surface area contributed by atoms with Gasteiger partial charge in [-0.05, 0) is 42.8 Å². The van der Waals surface area contributed by atoms with Gasteiger partial charge in [-0.15, -0.1) is 0 Å². The molecule has 4 aromatic rings. The second kappa shape index (κ2) is 6.32. The number of ether oxygens (including phenoxy) is 1. The zero-order valence-electron chi connectivity index (χ0n) is 13.8. The van der Waals surface area contributed by atoms with Crippen LogP contribution in [0, 0.1) is 6.92 Å². The smallest absolute Gasteiger partial charge is 0.262 e. The molecule has 4 rings (SSSR count). The number of amides is 1. The van der Waals surface area contributed by atoms with E-state index in [2.05, 4.69) is 5.32 Å². The zero-order chi connectivity index (χ0) is 17.2. The molecule has 1 aromatic heterocycles. The largest absolute Gasteiger partial charge is 0.484 e. The molecule has 0 saturated heterocycles. The van der Waals surface area contributed by atoms with Crippen LogP contribution in [0.4, 0.5) is 5.69 Å². The monoisotopic (exact) mass is 331 g/mol. The van der Waals surface area contributed by atoms with E-state index in [1.54, 1.807) is 0 Å². The predicted octanol–water partition coefficient (Wildman–Crippen LogP) is 4.91. The normalized spacial score (nSPS) is 10.9. The third-order valence-corrected chi connectivity index (χ3v) is 4.02. The number of fused-ring (bicyclic) bond motifs is 3. The van der Waals surface area contributed by atoms with E-state index in [-0.39, 0.29) is 12.5 Å². The Kier molecular flexibility index (Phi) is 3.86. The van der Waals surface area contributed by atoms with Crippen LogP contribution >= 0.6 is 0 Å². The summed E-state index contributed by atoms with van der Waals surface area (Å²) >= 11 is 0. The minimum Gasteiger partial charge on any atom is -0.484 e. The number of aryl methyl sites for hydroxylation is 1. The number of anilines is 1. The summed E-state index contributed by atoms with van der Waals surface area (Å²) in [6.45, 7) is 1.94. The quantitative estimate of drug-likeness (QED) is 0.578. The Morgan fingerprint density at radius 1 is 0.960 bits per heavy atom. The number of rotatable bonds is 4. The fourth-order valence-corrected chi connectivity index (χ4v) is 2.85. The van der Waals surface area contributed by atoms with E-state index in [9.17, 15) is 4.79 Å². The van der Waals surface area contributed by atoms with Gasteiger partial charge in [0.2, 0.25) is 0 Å². The van der Waals surface area contributed by atoms with Gasteiger partial charge in [-0.25, -0.2) is 0 Å². The molecule has 0 aliphatic heterocycles. The highest BCUT2D eigenvalue weighted by molar-refractivity contribution is 6.06. The highest BCUT2D eigenvalue weighted by Gasteiger charge is 2.09. The van der Waals surface area contributed by atoms with Crippen LogP contribution in [0.15, 0.2) is 71.1 Å². The maximum Gasteiger partial charge on any atom is 0.262 e. The third kappa shape index (κ3) is 3.19. The molecule has 4 heteroatoms. The van der Waals surface area contributed by atoms with Crippen molar-refractivity contribution in [3.63, 3.8) is 0 Å². The van der Waals surface area contributed by atoms with Gasteiger partial charge in [-0.1, -0.05) is 30.3 Å². The first-order valence-corrected chi connectivity index (χ1v) is 8.10. The second-order valence-corrected chi connectivity index (χ2v) is 5.96. The molecule has 0 aliphatic rings. The molecule has 0 aliphatic carbocycles. The Bertz CT molecular complexity index is 1070. The van der Waals surface area contributed by atoms with Crippen molar-refractivity contribution in [3.05, 3.63) is 72.3 Å². The molecule has 1 N–H and O–H groups in total. The van der Waals surface area contributed by atoms with E-state index in [4.69, 9.17) is 9.15 Å². The Labute approximate surface area is 145 Å². The molecule has 0 bridgehead atoms. The van der Waals surface area contributed by atoms with Crippen LogP contribution in [0.3, 0.4) is 0 Å². The van der Waals surface area contributed by atoms with Gasteiger partial charge in [-0.3, -0.25) is 4.79 Å². The topological polar surface area (TPSA) is 51.5 Å². The molecule has 0 atom stereocenters. The van der Waals surface area contributed by atoms with Gasteiger partial charge in [0, 0.05) is 22.5 Å². The number of furan rings is 1. The van der Waals surface area contributed by atoms with Crippen molar-refractivity contribution in [3.8, 4) is 5.75 Å². The summed E-state index contributed by atoms with van der Waals surface area (Å²) in [5.74, 6) is 0.472. The van der Waals surface area contributed by atoms with Gasteiger partial charge in [0.1, 0.15) is 16.9 Å². The highest BCUT2D eigenvalue weighted by atomic mass is 16.5. The molecule has 4 nitrogen and oxygen atoms in total. The molecular weight excluding hydrogens is 314 g/mol. The fourth-order valence-electron chi connectivity index (χ4n) is 2.85. The Hall–Kier alpha value is -3.27. The number of carbonyl (C=O) groups excluding carboxylic acids is 1. The zero-order valence-corrected chi connectivity index (χ0v) is 13.8. The van der Waals surface area contributed by atoms with Crippen molar-refractivity contribution in [1.29, 1.82) is 0 Å². The molecule has 0 saturated carbocycles. The minimum atomic E-state index is -0.211. The molecular formula is C21H17NO3. The third-order valence-electron chi connectivity index (χ3n) is 4.02. The average Bonchev–Trinajstić information content (AvgIpc) is 2.98. The van der Waals surface area contributed by atoms with Gasteiger partial charge in [0.25, 0.3) is 5.91 Å². The lowest BCUT2D eigenvalue weighted by Gasteiger charge is -2.08. The van der Waals surface area contributed by atoms with E-state index < -0.39 is 0 Å². The maximum absolute atomic E-state index is 12.1. The molecule has 25 heavy (non-hydrogen) atoms. The number of benzene rings is 3. The van der Waals surface area contributed by atoms with Gasteiger partial charge in [0.15, 0.2) is 6.61 Å². The SMILES string of the molecule is Cc1cccc(OCC(=O)Nc2ccc3c(c2)oc2ccccc23)c1. The van der Waals surface area contributed by atoms with Crippen LogP contribution in [0.25, 0.3) is 21.9 Å². The average molecular weight is 331 g/mol. The summed E-state index contributed by atoms with van der Waals surface area (Å²) < 4.78 is 11.4. The lowest BCUT2D eigenvalue weighted by molar-refractivity contribution is -0.118. The maximum atomic E-state index is 12.1. The first kappa shape index (κ1) is 15.3. The Morgan fingerprint density at radius 2 is 1.80 bits per heavy atom. The first-order valence-electron chi connectivity index (χ1n) is 8.10. The van der Waals surface area contributed by atoms with Crippen molar-refractivity contribution in [2.45, 2.75) is 6.92 Å². The summed E-state index contributed by atoms with van der Waals surface area (Å²) in [4.78, 5) is 12.1. The van der Waals surface area contributed by atoms with Crippen LogP contribution in [0.2, 0.25) is 0 Å². The van der Waals surface area contributed by atoms with Crippen LogP contribution in [-0.2, 0) is 4.79 Å². The lowest BCUT2D eigenvalue weighted by atomic mass is 10.1. The van der Waals surface area contributed by atoms with E-state index >= 15 is 0 Å². The van der Waals surface area contributed by atoms with Gasteiger partial charge < -0.3 is 14.5 Å². The fraction of sp³-hybridized carbons (Fsp3) is 0.0952. The molecule has 0 spiro atoms. The Balaban J connectivity index is 1.48. The van der Waals surface area contributed by atoms with Crippen molar-refractivity contribution >= 4 is 33.5 Å². The number of para-hydroxylation sites is 1. The van der Waals surface area contributed by atoms with Gasteiger partial charge in [-0.2, -0.15) is 0 Å². The van der Waals surface area contributed by atoms with E-state index in [0.717, 1.165) is 27.5 Å². The van der Waals surface area contributed by atoms with Crippen LogP contribution in [0.5, 0.6) is 5.75 Å². The van der Waals surface area contributed by atoms with E-state index in [1.807, 2.05) is 73.7 Å². The summed E-state index contributed by atoms with van der Waals surface area (Å²) in [7, 11) is 0. The van der Waals surface area contributed by atoms with Crippen LogP contribution in [0.1, 0.15) is 5.56 Å². The number of hydrogen-bond donors (Lipinski definition) is 1. The number of hydrogen-bond acceptors (Lipinski definition) is 3. The summed E-state index contributed by atoms with van der Waals surface area (Å²) in [5, 5.41) is 4.94. The van der Waals surface area contributed by atoms with Crippen LogP contribution < -0.4 is 10.1 Å². The molecule has 124 valence electrons.